The Hall–Kier alpha value is -2.47. The third kappa shape index (κ3) is 2.38. The summed E-state index contributed by atoms with van der Waals surface area (Å²) in [4.78, 5) is 14.5. The zero-order valence-electron chi connectivity index (χ0n) is 9.65. The van der Waals surface area contributed by atoms with Crippen LogP contribution in [0.25, 0.3) is 10.2 Å². The molecule has 1 heterocycles. The summed E-state index contributed by atoms with van der Waals surface area (Å²) in [5.74, 6) is 0.410. The van der Waals surface area contributed by atoms with E-state index in [1.165, 1.54) is 23.5 Å². The SMILES string of the molecule is O=[N+]([O-])c1cccc(Oc2nc3ccccc3s2)c1. The number of ether oxygens (including phenoxy) is 1. The first-order valence-electron chi connectivity index (χ1n) is 5.50. The number of rotatable bonds is 3. The van der Waals surface area contributed by atoms with Crippen molar-refractivity contribution < 1.29 is 9.66 Å². The molecule has 0 aliphatic carbocycles. The number of nitro groups is 1. The maximum absolute atomic E-state index is 10.7. The molecule has 0 amide bonds. The van der Waals surface area contributed by atoms with Crippen molar-refractivity contribution in [3.05, 3.63) is 58.6 Å². The molecule has 3 rings (SSSR count). The van der Waals surface area contributed by atoms with Crippen LogP contribution >= 0.6 is 11.3 Å². The highest BCUT2D eigenvalue weighted by atomic mass is 32.1. The van der Waals surface area contributed by atoms with Gasteiger partial charge < -0.3 is 4.74 Å². The summed E-state index contributed by atoms with van der Waals surface area (Å²) >= 11 is 1.40. The number of nitrogens with zero attached hydrogens (tertiary/aromatic N) is 2. The van der Waals surface area contributed by atoms with Crippen molar-refractivity contribution in [2.75, 3.05) is 0 Å². The van der Waals surface area contributed by atoms with E-state index in [0.29, 0.717) is 10.9 Å². The normalized spacial score (nSPS) is 10.5. The smallest absolute Gasteiger partial charge is 0.279 e. The molecule has 19 heavy (non-hydrogen) atoms. The highest BCUT2D eigenvalue weighted by Crippen LogP contribution is 2.32. The average Bonchev–Trinajstić information content (AvgIpc) is 2.81. The van der Waals surface area contributed by atoms with Crippen LogP contribution < -0.4 is 4.74 Å². The molecule has 0 saturated heterocycles. The predicted octanol–water partition coefficient (Wildman–Crippen LogP) is 4.00. The molecular weight excluding hydrogens is 264 g/mol. The molecule has 0 fully saturated rings. The molecule has 0 aliphatic heterocycles. The van der Waals surface area contributed by atoms with Crippen molar-refractivity contribution in [2.24, 2.45) is 0 Å². The van der Waals surface area contributed by atoms with Gasteiger partial charge in [-0.05, 0) is 18.2 Å². The first-order chi connectivity index (χ1) is 9.22. The summed E-state index contributed by atoms with van der Waals surface area (Å²) in [7, 11) is 0. The lowest BCUT2D eigenvalue weighted by atomic mass is 10.3. The molecule has 1 aromatic heterocycles. The van der Waals surface area contributed by atoms with Crippen molar-refractivity contribution >= 4 is 27.2 Å². The summed E-state index contributed by atoms with van der Waals surface area (Å²) < 4.78 is 6.57. The van der Waals surface area contributed by atoms with E-state index in [4.69, 9.17) is 4.74 Å². The Bertz CT molecular complexity index is 721. The molecule has 0 saturated carbocycles. The minimum absolute atomic E-state index is 0.00129. The Morgan fingerprint density at radius 2 is 2.00 bits per heavy atom. The van der Waals surface area contributed by atoms with E-state index in [2.05, 4.69) is 4.98 Å². The van der Waals surface area contributed by atoms with E-state index in [0.717, 1.165) is 10.2 Å². The molecule has 3 aromatic rings. The van der Waals surface area contributed by atoms with Crippen molar-refractivity contribution in [3.8, 4) is 10.9 Å². The highest BCUT2D eigenvalue weighted by Gasteiger charge is 2.09. The van der Waals surface area contributed by atoms with Gasteiger partial charge in [0.05, 0.1) is 21.2 Å². The molecule has 6 heteroatoms. The van der Waals surface area contributed by atoms with Gasteiger partial charge in [0, 0.05) is 6.07 Å². The number of hydrogen-bond acceptors (Lipinski definition) is 5. The van der Waals surface area contributed by atoms with Crippen molar-refractivity contribution in [1.82, 2.24) is 4.98 Å². The van der Waals surface area contributed by atoms with Crippen molar-refractivity contribution in [2.45, 2.75) is 0 Å². The Labute approximate surface area is 112 Å². The van der Waals surface area contributed by atoms with E-state index >= 15 is 0 Å². The Kier molecular flexibility index (Phi) is 2.85. The molecular formula is C13H8N2O3S. The van der Waals surface area contributed by atoms with Gasteiger partial charge in [0.15, 0.2) is 0 Å². The summed E-state index contributed by atoms with van der Waals surface area (Å²) in [6.07, 6.45) is 0. The summed E-state index contributed by atoms with van der Waals surface area (Å²) in [5, 5.41) is 11.2. The topological polar surface area (TPSA) is 65.3 Å². The Balaban J connectivity index is 1.92. The number of non-ortho nitro benzene ring substituents is 1. The maximum atomic E-state index is 10.7. The van der Waals surface area contributed by atoms with E-state index in [9.17, 15) is 10.1 Å². The fourth-order valence-corrected chi connectivity index (χ4v) is 2.49. The molecule has 0 bridgehead atoms. The molecule has 0 atom stereocenters. The lowest BCUT2D eigenvalue weighted by molar-refractivity contribution is -0.384. The van der Waals surface area contributed by atoms with Gasteiger partial charge in [-0.25, -0.2) is 4.98 Å². The second-order valence-corrected chi connectivity index (χ2v) is 4.80. The number of benzene rings is 2. The van der Waals surface area contributed by atoms with Crippen LogP contribution in [0.1, 0.15) is 0 Å². The second kappa shape index (κ2) is 4.66. The van der Waals surface area contributed by atoms with E-state index < -0.39 is 4.92 Å². The quantitative estimate of drug-likeness (QED) is 0.534. The van der Waals surface area contributed by atoms with Gasteiger partial charge in [-0.15, -0.1) is 0 Å². The van der Waals surface area contributed by atoms with Crippen LogP contribution in [0.15, 0.2) is 48.5 Å². The molecule has 0 unspecified atom stereocenters. The van der Waals surface area contributed by atoms with Crippen LogP contribution in [0, 0.1) is 10.1 Å². The Morgan fingerprint density at radius 1 is 1.16 bits per heavy atom. The maximum Gasteiger partial charge on any atom is 0.279 e. The van der Waals surface area contributed by atoms with Gasteiger partial charge in [0.1, 0.15) is 5.75 Å². The summed E-state index contributed by atoms with van der Waals surface area (Å²) in [5.41, 5.74) is 0.853. The number of hydrogen-bond donors (Lipinski definition) is 0. The molecule has 0 N–H and O–H groups in total. The molecule has 0 spiro atoms. The first-order valence-corrected chi connectivity index (χ1v) is 6.32. The van der Waals surface area contributed by atoms with Gasteiger partial charge in [-0.3, -0.25) is 10.1 Å². The van der Waals surface area contributed by atoms with Gasteiger partial charge >= 0.3 is 0 Å². The molecule has 5 nitrogen and oxygen atoms in total. The average molecular weight is 272 g/mol. The molecule has 2 aromatic carbocycles. The zero-order valence-corrected chi connectivity index (χ0v) is 10.5. The largest absolute Gasteiger partial charge is 0.431 e. The zero-order chi connectivity index (χ0) is 13.2. The minimum atomic E-state index is -0.453. The fraction of sp³-hybridized carbons (Fsp3) is 0. The second-order valence-electron chi connectivity index (χ2n) is 3.80. The number of nitro benzene ring substituents is 1. The predicted molar refractivity (Wildman–Crippen MR) is 72.8 cm³/mol. The highest BCUT2D eigenvalue weighted by molar-refractivity contribution is 7.20. The molecule has 94 valence electrons. The number of fused-ring (bicyclic) bond motifs is 1. The lowest BCUT2D eigenvalue weighted by Gasteiger charge is -2.00. The third-order valence-electron chi connectivity index (χ3n) is 2.51. The molecule has 0 aliphatic rings. The van der Waals surface area contributed by atoms with Crippen LogP contribution in [-0.2, 0) is 0 Å². The van der Waals surface area contributed by atoms with Gasteiger partial charge in [0.2, 0.25) is 0 Å². The van der Waals surface area contributed by atoms with Crippen LogP contribution in [0.2, 0.25) is 0 Å². The Morgan fingerprint density at radius 3 is 2.79 bits per heavy atom. The van der Waals surface area contributed by atoms with E-state index in [-0.39, 0.29) is 5.69 Å². The summed E-state index contributed by atoms with van der Waals surface area (Å²) in [6.45, 7) is 0. The van der Waals surface area contributed by atoms with Crippen LogP contribution in [0.4, 0.5) is 5.69 Å². The van der Waals surface area contributed by atoms with Gasteiger partial charge in [-0.1, -0.05) is 29.5 Å². The van der Waals surface area contributed by atoms with Crippen molar-refractivity contribution in [1.29, 1.82) is 0 Å². The van der Waals surface area contributed by atoms with E-state index in [1.807, 2.05) is 24.3 Å². The first kappa shape index (κ1) is 11.6. The third-order valence-corrected chi connectivity index (χ3v) is 3.42. The monoisotopic (exact) mass is 272 g/mol. The summed E-state index contributed by atoms with van der Waals surface area (Å²) in [6, 6.07) is 13.7. The fourth-order valence-electron chi connectivity index (χ4n) is 1.66. The van der Waals surface area contributed by atoms with Crippen LogP contribution in [-0.4, -0.2) is 9.91 Å². The minimum Gasteiger partial charge on any atom is -0.431 e. The molecule has 0 radical (unpaired) electrons. The van der Waals surface area contributed by atoms with Gasteiger partial charge in [-0.2, -0.15) is 0 Å². The van der Waals surface area contributed by atoms with Crippen LogP contribution in [0.3, 0.4) is 0 Å². The van der Waals surface area contributed by atoms with Gasteiger partial charge in [0.25, 0.3) is 10.9 Å². The standard InChI is InChI=1S/C13H8N2O3S/c16-15(17)9-4-3-5-10(8-9)18-13-14-11-6-1-2-7-12(11)19-13/h1-8H. The number of aromatic nitrogens is 1. The number of thiazole rings is 1. The number of para-hydroxylation sites is 1. The van der Waals surface area contributed by atoms with Crippen molar-refractivity contribution in [3.63, 3.8) is 0 Å². The van der Waals surface area contributed by atoms with Crippen LogP contribution in [0.5, 0.6) is 10.9 Å². The van der Waals surface area contributed by atoms with E-state index in [1.54, 1.807) is 12.1 Å². The lowest BCUT2D eigenvalue weighted by Crippen LogP contribution is -1.89.